The van der Waals surface area contributed by atoms with Crippen molar-refractivity contribution in [1.29, 1.82) is 0 Å². The fourth-order valence-electron chi connectivity index (χ4n) is 2.13. The van der Waals surface area contributed by atoms with E-state index in [1.165, 1.54) is 24.3 Å². The van der Waals surface area contributed by atoms with Crippen LogP contribution in [0.25, 0.3) is 11.0 Å². The van der Waals surface area contributed by atoms with Crippen LogP contribution in [0.2, 0.25) is 0 Å². The van der Waals surface area contributed by atoms with Crippen molar-refractivity contribution in [1.82, 2.24) is 14.8 Å². The molecule has 0 aliphatic heterocycles. The predicted octanol–water partition coefficient (Wildman–Crippen LogP) is 2.93. The number of halogens is 1. The van der Waals surface area contributed by atoms with Gasteiger partial charge < -0.3 is 13.7 Å². The smallest absolute Gasteiger partial charge is 0.374 e. The van der Waals surface area contributed by atoms with Gasteiger partial charge in [-0.25, -0.2) is 9.18 Å². The molecule has 0 aliphatic rings. The average molecular weight is 303 g/mol. The van der Waals surface area contributed by atoms with Crippen LogP contribution in [0.1, 0.15) is 29.7 Å². The van der Waals surface area contributed by atoms with Gasteiger partial charge in [0.25, 0.3) is 0 Å². The lowest BCUT2D eigenvalue weighted by Gasteiger charge is -2.04. The molecule has 6 nitrogen and oxygen atoms in total. The number of carbonyl (C=O) groups excluding carboxylic acids is 1. The summed E-state index contributed by atoms with van der Waals surface area (Å²) in [6.07, 6.45) is 2.52. The first-order valence-electron chi connectivity index (χ1n) is 6.90. The SMILES string of the molecule is CCCn1cnnc1COC(=O)c1cc2cc(F)ccc2o1. The van der Waals surface area contributed by atoms with E-state index in [9.17, 15) is 9.18 Å². The molecule has 1 aromatic carbocycles. The number of esters is 1. The van der Waals surface area contributed by atoms with Crippen LogP contribution in [-0.4, -0.2) is 20.7 Å². The second-order valence-corrected chi connectivity index (χ2v) is 4.81. The van der Waals surface area contributed by atoms with Crippen molar-refractivity contribution in [3.8, 4) is 0 Å². The van der Waals surface area contributed by atoms with Gasteiger partial charge in [0.2, 0.25) is 5.76 Å². The summed E-state index contributed by atoms with van der Waals surface area (Å²) < 4.78 is 25.5. The summed E-state index contributed by atoms with van der Waals surface area (Å²) in [6, 6.07) is 5.50. The Kier molecular flexibility index (Phi) is 3.86. The maximum atomic E-state index is 13.1. The summed E-state index contributed by atoms with van der Waals surface area (Å²) in [5.74, 6) is -0.414. The van der Waals surface area contributed by atoms with Gasteiger partial charge in [0.1, 0.15) is 17.7 Å². The third-order valence-corrected chi connectivity index (χ3v) is 3.17. The number of aromatic nitrogens is 3. The van der Waals surface area contributed by atoms with Gasteiger partial charge in [0.15, 0.2) is 12.4 Å². The van der Waals surface area contributed by atoms with E-state index in [4.69, 9.17) is 9.15 Å². The van der Waals surface area contributed by atoms with Gasteiger partial charge in [0.05, 0.1) is 0 Å². The molecule has 0 saturated heterocycles. The molecule has 0 fully saturated rings. The zero-order chi connectivity index (χ0) is 15.5. The van der Waals surface area contributed by atoms with Gasteiger partial charge in [0, 0.05) is 11.9 Å². The third-order valence-electron chi connectivity index (χ3n) is 3.17. The maximum Gasteiger partial charge on any atom is 0.374 e. The molecule has 0 spiro atoms. The van der Waals surface area contributed by atoms with Crippen LogP contribution in [0.15, 0.2) is 35.0 Å². The Morgan fingerprint density at radius 3 is 3.09 bits per heavy atom. The van der Waals surface area contributed by atoms with Crippen molar-refractivity contribution in [3.63, 3.8) is 0 Å². The van der Waals surface area contributed by atoms with Gasteiger partial charge >= 0.3 is 5.97 Å². The first-order chi connectivity index (χ1) is 10.7. The van der Waals surface area contributed by atoms with Crippen LogP contribution in [0.5, 0.6) is 0 Å². The fraction of sp³-hybridized carbons (Fsp3) is 0.267. The molecule has 114 valence electrons. The normalized spacial score (nSPS) is 11.0. The second kappa shape index (κ2) is 5.97. The number of fused-ring (bicyclic) bond motifs is 1. The molecule has 0 N–H and O–H groups in total. The largest absolute Gasteiger partial charge is 0.452 e. The minimum absolute atomic E-state index is 0.00421. The summed E-state index contributed by atoms with van der Waals surface area (Å²) in [6.45, 7) is 2.79. The highest BCUT2D eigenvalue weighted by Crippen LogP contribution is 2.21. The monoisotopic (exact) mass is 303 g/mol. The molecular formula is C15H14FN3O3. The van der Waals surface area contributed by atoms with Crippen LogP contribution in [0.4, 0.5) is 4.39 Å². The Morgan fingerprint density at radius 1 is 1.41 bits per heavy atom. The number of carbonyl (C=O) groups is 1. The molecule has 3 aromatic rings. The third kappa shape index (κ3) is 2.83. The van der Waals surface area contributed by atoms with Crippen molar-refractivity contribution in [2.75, 3.05) is 0 Å². The van der Waals surface area contributed by atoms with Crippen molar-refractivity contribution in [3.05, 3.63) is 48.0 Å². The lowest BCUT2D eigenvalue weighted by Crippen LogP contribution is -2.09. The zero-order valence-corrected chi connectivity index (χ0v) is 12.0. The average Bonchev–Trinajstić information content (AvgIpc) is 3.11. The Balaban J connectivity index is 1.71. The summed E-state index contributed by atoms with van der Waals surface area (Å²) in [5.41, 5.74) is 0.433. The maximum absolute atomic E-state index is 13.1. The van der Waals surface area contributed by atoms with Gasteiger partial charge in [-0.3, -0.25) is 0 Å². The highest BCUT2D eigenvalue weighted by molar-refractivity contribution is 5.92. The number of aryl methyl sites for hydroxylation is 1. The first kappa shape index (κ1) is 14.2. The molecule has 22 heavy (non-hydrogen) atoms. The van der Waals surface area contributed by atoms with E-state index in [-0.39, 0.29) is 18.2 Å². The molecule has 0 unspecified atom stereocenters. The zero-order valence-electron chi connectivity index (χ0n) is 12.0. The lowest BCUT2D eigenvalue weighted by molar-refractivity contribution is 0.0423. The topological polar surface area (TPSA) is 70.2 Å². The molecular weight excluding hydrogens is 289 g/mol. The molecule has 0 bridgehead atoms. The van der Waals surface area contributed by atoms with Crippen LogP contribution >= 0.6 is 0 Å². The summed E-state index contributed by atoms with van der Waals surface area (Å²) >= 11 is 0. The Labute approximate surface area is 125 Å². The minimum Gasteiger partial charge on any atom is -0.452 e. The molecule has 0 radical (unpaired) electrons. The van der Waals surface area contributed by atoms with Gasteiger partial charge in [-0.05, 0) is 30.7 Å². The minimum atomic E-state index is -0.623. The predicted molar refractivity (Wildman–Crippen MR) is 75.6 cm³/mol. The Bertz CT molecular complexity index is 809. The Hall–Kier alpha value is -2.70. The molecule has 0 atom stereocenters. The van der Waals surface area contributed by atoms with E-state index < -0.39 is 5.97 Å². The number of hydrogen-bond donors (Lipinski definition) is 0. The van der Waals surface area contributed by atoms with Crippen LogP contribution in [0, 0.1) is 5.82 Å². The van der Waals surface area contributed by atoms with Gasteiger partial charge in [-0.15, -0.1) is 10.2 Å². The van der Waals surface area contributed by atoms with E-state index >= 15 is 0 Å². The molecule has 2 aromatic heterocycles. The molecule has 3 rings (SSSR count). The van der Waals surface area contributed by atoms with Crippen molar-refractivity contribution in [2.45, 2.75) is 26.5 Å². The highest BCUT2D eigenvalue weighted by atomic mass is 19.1. The fourth-order valence-corrected chi connectivity index (χ4v) is 2.13. The number of furan rings is 1. The molecule has 0 amide bonds. The molecule has 2 heterocycles. The van der Waals surface area contributed by atoms with E-state index in [2.05, 4.69) is 10.2 Å². The van der Waals surface area contributed by atoms with E-state index in [1.54, 1.807) is 6.33 Å². The highest BCUT2D eigenvalue weighted by Gasteiger charge is 2.15. The number of ether oxygens (including phenoxy) is 1. The summed E-state index contributed by atoms with van der Waals surface area (Å²) in [4.78, 5) is 12.0. The van der Waals surface area contributed by atoms with Crippen LogP contribution in [-0.2, 0) is 17.9 Å². The number of rotatable bonds is 5. The second-order valence-electron chi connectivity index (χ2n) is 4.81. The molecule has 0 saturated carbocycles. The van der Waals surface area contributed by atoms with Gasteiger partial charge in [-0.1, -0.05) is 6.92 Å². The number of hydrogen-bond acceptors (Lipinski definition) is 5. The van der Waals surface area contributed by atoms with Crippen LogP contribution in [0.3, 0.4) is 0 Å². The van der Waals surface area contributed by atoms with Crippen molar-refractivity contribution in [2.24, 2.45) is 0 Å². The summed E-state index contributed by atoms with van der Waals surface area (Å²) in [5, 5.41) is 8.22. The molecule has 0 aliphatic carbocycles. The number of nitrogens with zero attached hydrogens (tertiary/aromatic N) is 3. The van der Waals surface area contributed by atoms with Crippen molar-refractivity contribution < 1.29 is 18.3 Å². The van der Waals surface area contributed by atoms with E-state index in [0.717, 1.165) is 13.0 Å². The number of benzene rings is 1. The first-order valence-corrected chi connectivity index (χ1v) is 6.90. The summed E-state index contributed by atoms with van der Waals surface area (Å²) in [7, 11) is 0. The quantitative estimate of drug-likeness (QED) is 0.678. The van der Waals surface area contributed by atoms with E-state index in [1.807, 2.05) is 11.5 Å². The van der Waals surface area contributed by atoms with Gasteiger partial charge in [-0.2, -0.15) is 0 Å². The van der Waals surface area contributed by atoms with E-state index in [0.29, 0.717) is 16.8 Å². The standard InChI is InChI=1S/C15H14FN3O3/c1-2-5-19-9-17-18-14(19)8-21-15(20)13-7-10-6-11(16)3-4-12(10)22-13/h3-4,6-7,9H,2,5,8H2,1H3. The van der Waals surface area contributed by atoms with Crippen LogP contribution < -0.4 is 0 Å². The molecule has 7 heteroatoms. The lowest BCUT2D eigenvalue weighted by atomic mass is 10.2. The Morgan fingerprint density at radius 2 is 2.27 bits per heavy atom. The van der Waals surface area contributed by atoms with Crippen molar-refractivity contribution >= 4 is 16.9 Å².